The summed E-state index contributed by atoms with van der Waals surface area (Å²) in [5, 5.41) is 9.91. The first kappa shape index (κ1) is 23.0. The first-order valence-corrected chi connectivity index (χ1v) is 11.8. The maximum atomic E-state index is 9.91. The van der Waals surface area contributed by atoms with Gasteiger partial charge in [0.2, 0.25) is 0 Å². The molecule has 0 N–H and O–H groups in total. The molecule has 0 bridgehead atoms. The van der Waals surface area contributed by atoms with Gasteiger partial charge < -0.3 is 9.31 Å². The molecule has 1 aliphatic rings. The van der Waals surface area contributed by atoms with Crippen molar-refractivity contribution >= 4 is 12.6 Å². The van der Waals surface area contributed by atoms with Gasteiger partial charge in [0.25, 0.3) is 0 Å². The van der Waals surface area contributed by atoms with Gasteiger partial charge in [0.1, 0.15) is 0 Å². The van der Waals surface area contributed by atoms with Crippen molar-refractivity contribution in [2.24, 2.45) is 0 Å². The fraction of sp³-hybridized carbons (Fsp3) is 0.200. The predicted octanol–water partition coefficient (Wildman–Crippen LogP) is 6.25. The molecule has 0 amide bonds. The minimum Gasteiger partial charge on any atom is -0.399 e. The lowest BCUT2D eigenvalue weighted by atomic mass is 9.76. The molecule has 4 nitrogen and oxygen atoms in total. The van der Waals surface area contributed by atoms with Crippen molar-refractivity contribution in [2.75, 3.05) is 0 Å². The van der Waals surface area contributed by atoms with Crippen LogP contribution in [0.3, 0.4) is 0 Å². The number of nitriles is 1. The lowest BCUT2D eigenvalue weighted by Crippen LogP contribution is -2.41. The number of hydrogen-bond donors (Lipinski definition) is 0. The predicted molar refractivity (Wildman–Crippen MR) is 141 cm³/mol. The molecular weight excluding hydrogens is 431 g/mol. The van der Waals surface area contributed by atoms with E-state index in [0.717, 1.165) is 39.0 Å². The fourth-order valence-electron chi connectivity index (χ4n) is 4.27. The number of nitrogens with zero attached hydrogens (tertiary/aromatic N) is 2. The molecule has 1 aliphatic heterocycles. The summed E-state index contributed by atoms with van der Waals surface area (Å²) in [5.41, 5.74) is 6.20. The molecular formula is C30H27BN2O2. The Balaban J connectivity index is 1.63. The van der Waals surface area contributed by atoms with Crippen molar-refractivity contribution in [3.05, 3.63) is 96.7 Å². The molecule has 35 heavy (non-hydrogen) atoms. The molecule has 1 fully saturated rings. The summed E-state index contributed by atoms with van der Waals surface area (Å²) in [5.74, 6) is 0. The Morgan fingerprint density at radius 1 is 0.714 bits per heavy atom. The maximum Gasteiger partial charge on any atom is 0.494 e. The van der Waals surface area contributed by atoms with E-state index < -0.39 is 18.3 Å². The summed E-state index contributed by atoms with van der Waals surface area (Å²) in [6.45, 7) is 8.21. The molecule has 1 aromatic heterocycles. The summed E-state index contributed by atoms with van der Waals surface area (Å²) in [6.07, 6.45) is 1.78. The summed E-state index contributed by atoms with van der Waals surface area (Å²) in [7, 11) is -0.499. The Morgan fingerprint density at radius 3 is 1.89 bits per heavy atom. The standard InChI is InChI=1S/C30H27BN2O2/c1-29(2)30(3,4)35-31(34-29)26-16-23(21-11-7-5-8-12-21)15-24(17-26)28-18-25(19-32)27(20-33-28)22-13-9-6-10-14-22/h5-18,20H,1-4H3. The van der Waals surface area contributed by atoms with E-state index in [1.807, 2.05) is 54.6 Å². The lowest BCUT2D eigenvalue weighted by Gasteiger charge is -2.32. The van der Waals surface area contributed by atoms with Gasteiger partial charge in [0.05, 0.1) is 28.5 Å². The van der Waals surface area contributed by atoms with Gasteiger partial charge in [-0.3, -0.25) is 4.98 Å². The zero-order valence-corrected chi connectivity index (χ0v) is 20.4. The van der Waals surface area contributed by atoms with Gasteiger partial charge in [-0.15, -0.1) is 0 Å². The highest BCUT2D eigenvalue weighted by Gasteiger charge is 2.51. The Morgan fingerprint density at radius 2 is 1.29 bits per heavy atom. The zero-order chi connectivity index (χ0) is 24.6. The number of hydrogen-bond acceptors (Lipinski definition) is 4. The van der Waals surface area contributed by atoms with Crippen LogP contribution in [0.4, 0.5) is 0 Å². The van der Waals surface area contributed by atoms with E-state index in [2.05, 4.69) is 64.1 Å². The van der Waals surface area contributed by atoms with Crippen LogP contribution in [0, 0.1) is 11.3 Å². The molecule has 1 saturated heterocycles. The SMILES string of the molecule is CC1(C)OB(c2cc(-c3ccccc3)cc(-c3cc(C#N)c(-c4ccccc4)cn3)c2)OC1(C)C. The van der Waals surface area contributed by atoms with Gasteiger partial charge in [0, 0.05) is 17.3 Å². The normalized spacial score (nSPS) is 16.1. The Hall–Kier alpha value is -3.72. The molecule has 0 radical (unpaired) electrons. The van der Waals surface area contributed by atoms with E-state index in [1.165, 1.54) is 0 Å². The highest BCUT2D eigenvalue weighted by molar-refractivity contribution is 6.62. The van der Waals surface area contributed by atoms with Crippen LogP contribution in [-0.4, -0.2) is 23.3 Å². The quantitative estimate of drug-likeness (QED) is 0.339. The molecule has 0 spiro atoms. The van der Waals surface area contributed by atoms with Gasteiger partial charge in [-0.25, -0.2) is 0 Å². The highest BCUT2D eigenvalue weighted by atomic mass is 16.7. The van der Waals surface area contributed by atoms with Gasteiger partial charge in [-0.1, -0.05) is 72.8 Å². The van der Waals surface area contributed by atoms with Crippen LogP contribution in [0.5, 0.6) is 0 Å². The molecule has 4 aromatic rings. The fourth-order valence-corrected chi connectivity index (χ4v) is 4.27. The van der Waals surface area contributed by atoms with Crippen molar-refractivity contribution in [3.8, 4) is 39.6 Å². The summed E-state index contributed by atoms with van der Waals surface area (Å²) < 4.78 is 12.7. The van der Waals surface area contributed by atoms with E-state index in [0.29, 0.717) is 5.56 Å². The molecule has 172 valence electrons. The zero-order valence-electron chi connectivity index (χ0n) is 20.4. The second-order valence-corrected chi connectivity index (χ2v) is 9.89. The van der Waals surface area contributed by atoms with Crippen molar-refractivity contribution < 1.29 is 9.31 Å². The average molecular weight is 458 g/mol. The van der Waals surface area contributed by atoms with Crippen molar-refractivity contribution in [1.82, 2.24) is 4.98 Å². The van der Waals surface area contributed by atoms with Crippen LogP contribution in [-0.2, 0) is 9.31 Å². The molecule has 5 rings (SSSR count). The lowest BCUT2D eigenvalue weighted by molar-refractivity contribution is 0.00578. The number of rotatable bonds is 4. The third-order valence-corrected chi connectivity index (χ3v) is 6.99. The molecule has 0 saturated carbocycles. The number of pyridine rings is 1. The maximum absolute atomic E-state index is 9.91. The van der Waals surface area contributed by atoms with Crippen LogP contribution in [0.15, 0.2) is 91.1 Å². The van der Waals surface area contributed by atoms with Gasteiger partial charge in [-0.05, 0) is 62.0 Å². The molecule has 2 heterocycles. The molecule has 5 heteroatoms. The first-order valence-electron chi connectivity index (χ1n) is 11.8. The van der Waals surface area contributed by atoms with Gasteiger partial charge in [-0.2, -0.15) is 5.26 Å². The molecule has 3 aromatic carbocycles. The van der Waals surface area contributed by atoms with Crippen LogP contribution >= 0.6 is 0 Å². The highest BCUT2D eigenvalue weighted by Crippen LogP contribution is 2.37. The van der Waals surface area contributed by atoms with Crippen molar-refractivity contribution in [2.45, 2.75) is 38.9 Å². The van der Waals surface area contributed by atoms with E-state index in [1.54, 1.807) is 6.20 Å². The molecule has 0 aliphatic carbocycles. The van der Waals surface area contributed by atoms with Gasteiger partial charge >= 0.3 is 7.12 Å². The summed E-state index contributed by atoms with van der Waals surface area (Å²) in [4.78, 5) is 4.76. The average Bonchev–Trinajstić information content (AvgIpc) is 3.11. The van der Waals surface area contributed by atoms with Crippen molar-refractivity contribution in [3.63, 3.8) is 0 Å². The minimum atomic E-state index is -0.499. The summed E-state index contributed by atoms with van der Waals surface area (Å²) in [6, 6.07) is 30.6. The second kappa shape index (κ2) is 8.81. The smallest absolute Gasteiger partial charge is 0.399 e. The third-order valence-electron chi connectivity index (χ3n) is 6.99. The van der Waals surface area contributed by atoms with Gasteiger partial charge in [0.15, 0.2) is 0 Å². The second-order valence-electron chi connectivity index (χ2n) is 9.89. The Bertz CT molecular complexity index is 1390. The number of benzene rings is 3. The minimum absolute atomic E-state index is 0.440. The van der Waals surface area contributed by atoms with Crippen LogP contribution in [0.2, 0.25) is 0 Å². The van der Waals surface area contributed by atoms with E-state index in [-0.39, 0.29) is 0 Å². The number of aromatic nitrogens is 1. The molecule has 0 unspecified atom stereocenters. The molecule has 0 atom stereocenters. The Labute approximate surface area is 207 Å². The topological polar surface area (TPSA) is 55.1 Å². The third kappa shape index (κ3) is 4.39. The summed E-state index contributed by atoms with van der Waals surface area (Å²) >= 11 is 0. The van der Waals surface area contributed by atoms with Crippen LogP contribution < -0.4 is 5.46 Å². The monoisotopic (exact) mass is 458 g/mol. The Kier molecular flexibility index (Phi) is 5.80. The van der Waals surface area contributed by atoms with E-state index in [4.69, 9.17) is 14.3 Å². The van der Waals surface area contributed by atoms with E-state index in [9.17, 15) is 5.26 Å². The van der Waals surface area contributed by atoms with Crippen molar-refractivity contribution in [1.29, 1.82) is 5.26 Å². The largest absolute Gasteiger partial charge is 0.494 e. The van der Waals surface area contributed by atoms with E-state index >= 15 is 0 Å². The first-order chi connectivity index (χ1) is 16.8. The van der Waals surface area contributed by atoms with Crippen LogP contribution in [0.25, 0.3) is 33.5 Å². The van der Waals surface area contributed by atoms with Crippen LogP contribution in [0.1, 0.15) is 33.3 Å².